The Morgan fingerprint density at radius 1 is 1.53 bits per heavy atom. The first-order chi connectivity index (χ1) is 8.02. The Hall–Kier alpha value is -1.30. The van der Waals surface area contributed by atoms with Crippen LogP contribution in [-0.4, -0.2) is 33.3 Å². The molecule has 0 aliphatic carbocycles. The summed E-state index contributed by atoms with van der Waals surface area (Å²) in [4.78, 5) is 19.3. The molecule has 0 spiro atoms. The van der Waals surface area contributed by atoms with Crippen LogP contribution in [0.4, 0.5) is 5.82 Å². The maximum atomic E-state index is 11.1. The molecule has 0 radical (unpaired) electrons. The number of carboxylic acid groups (broad SMARTS) is 1. The van der Waals surface area contributed by atoms with E-state index in [0.29, 0.717) is 18.2 Å². The number of carboxylic acids is 1. The fourth-order valence-electron chi connectivity index (χ4n) is 1.39. The number of anilines is 1. The molecular weight excluding hydrogens is 238 g/mol. The van der Waals surface area contributed by atoms with E-state index in [-0.39, 0.29) is 0 Å². The average molecular weight is 255 g/mol. The highest BCUT2D eigenvalue weighted by atomic mass is 32.2. The van der Waals surface area contributed by atoms with Gasteiger partial charge in [0.25, 0.3) is 0 Å². The first kappa shape index (κ1) is 13.8. The second-order valence-corrected chi connectivity index (χ2v) is 4.94. The zero-order valence-corrected chi connectivity index (χ0v) is 11.0. The smallest absolute Gasteiger partial charge is 0.326 e. The Labute approximate surface area is 105 Å². The van der Waals surface area contributed by atoms with Gasteiger partial charge in [-0.05, 0) is 18.6 Å². The standard InChI is InChI=1S/C11H17N3O2S/c1-7(2)4-8(11(15)16)13-9-5-12-6-10(14-9)17-3/h5-8H,4H2,1-3H3,(H,13,14)(H,15,16). The van der Waals surface area contributed by atoms with Crippen molar-refractivity contribution in [1.29, 1.82) is 0 Å². The van der Waals surface area contributed by atoms with Gasteiger partial charge in [0.2, 0.25) is 0 Å². The van der Waals surface area contributed by atoms with Crippen molar-refractivity contribution in [1.82, 2.24) is 9.97 Å². The normalized spacial score (nSPS) is 12.5. The summed E-state index contributed by atoms with van der Waals surface area (Å²) in [5, 5.41) is 12.8. The average Bonchev–Trinajstić information content (AvgIpc) is 2.27. The number of rotatable bonds is 6. The second kappa shape index (κ2) is 6.44. The first-order valence-electron chi connectivity index (χ1n) is 5.38. The third kappa shape index (κ3) is 4.60. The van der Waals surface area contributed by atoms with Crippen molar-refractivity contribution in [3.05, 3.63) is 12.4 Å². The summed E-state index contributed by atoms with van der Waals surface area (Å²) < 4.78 is 0. The molecular formula is C11H17N3O2S. The van der Waals surface area contributed by atoms with E-state index in [1.807, 2.05) is 20.1 Å². The second-order valence-electron chi connectivity index (χ2n) is 4.11. The number of aromatic nitrogens is 2. The third-order valence-electron chi connectivity index (χ3n) is 2.15. The molecule has 0 aliphatic heterocycles. The molecule has 5 nitrogen and oxygen atoms in total. The van der Waals surface area contributed by atoms with Crippen molar-refractivity contribution in [3.63, 3.8) is 0 Å². The molecule has 94 valence electrons. The van der Waals surface area contributed by atoms with Gasteiger partial charge in [0.05, 0.1) is 12.4 Å². The Bertz CT molecular complexity index is 385. The molecule has 1 rings (SSSR count). The maximum Gasteiger partial charge on any atom is 0.326 e. The Morgan fingerprint density at radius 2 is 2.24 bits per heavy atom. The van der Waals surface area contributed by atoms with Crippen molar-refractivity contribution in [2.75, 3.05) is 11.6 Å². The quantitative estimate of drug-likeness (QED) is 0.758. The highest BCUT2D eigenvalue weighted by Gasteiger charge is 2.19. The number of carbonyl (C=O) groups is 1. The molecule has 0 aromatic carbocycles. The van der Waals surface area contributed by atoms with Gasteiger partial charge in [0.1, 0.15) is 16.9 Å². The predicted octanol–water partition coefficient (Wildman–Crippen LogP) is 2.11. The summed E-state index contributed by atoms with van der Waals surface area (Å²) in [6.45, 7) is 3.98. The topological polar surface area (TPSA) is 75.1 Å². The number of nitrogens with zero attached hydrogens (tertiary/aromatic N) is 2. The fourth-order valence-corrected chi connectivity index (χ4v) is 1.74. The Balaban J connectivity index is 2.74. The minimum atomic E-state index is -0.866. The SMILES string of the molecule is CSc1cncc(NC(CC(C)C)C(=O)O)n1. The summed E-state index contributed by atoms with van der Waals surface area (Å²) in [6, 6.07) is -0.624. The molecule has 17 heavy (non-hydrogen) atoms. The van der Waals surface area contributed by atoms with Gasteiger partial charge in [-0.25, -0.2) is 9.78 Å². The molecule has 0 fully saturated rings. The largest absolute Gasteiger partial charge is 0.480 e. The fraction of sp³-hybridized carbons (Fsp3) is 0.545. The molecule has 1 heterocycles. The van der Waals surface area contributed by atoms with Crippen LogP contribution >= 0.6 is 11.8 Å². The van der Waals surface area contributed by atoms with Gasteiger partial charge < -0.3 is 10.4 Å². The predicted molar refractivity (Wildman–Crippen MR) is 68.3 cm³/mol. The van der Waals surface area contributed by atoms with Crippen LogP contribution in [0.5, 0.6) is 0 Å². The van der Waals surface area contributed by atoms with E-state index in [4.69, 9.17) is 5.11 Å². The van der Waals surface area contributed by atoms with Crippen molar-refractivity contribution in [2.24, 2.45) is 5.92 Å². The lowest BCUT2D eigenvalue weighted by atomic mass is 10.0. The lowest BCUT2D eigenvalue weighted by Gasteiger charge is -2.16. The lowest BCUT2D eigenvalue weighted by Crippen LogP contribution is -2.31. The van der Waals surface area contributed by atoms with Crippen LogP contribution in [0.15, 0.2) is 17.4 Å². The number of aliphatic carboxylic acids is 1. The molecule has 0 amide bonds. The van der Waals surface area contributed by atoms with Gasteiger partial charge in [0, 0.05) is 0 Å². The van der Waals surface area contributed by atoms with E-state index < -0.39 is 12.0 Å². The number of thioether (sulfide) groups is 1. The molecule has 1 aromatic rings. The lowest BCUT2D eigenvalue weighted by molar-refractivity contribution is -0.138. The van der Waals surface area contributed by atoms with Crippen LogP contribution in [0.2, 0.25) is 0 Å². The van der Waals surface area contributed by atoms with Crippen LogP contribution < -0.4 is 5.32 Å². The Kier molecular flexibility index (Phi) is 5.21. The molecule has 0 aliphatic rings. The summed E-state index contributed by atoms with van der Waals surface area (Å²) >= 11 is 1.47. The monoisotopic (exact) mass is 255 g/mol. The summed E-state index contributed by atoms with van der Waals surface area (Å²) in [5.74, 6) is -0.0553. The van der Waals surface area contributed by atoms with Crippen molar-refractivity contribution < 1.29 is 9.90 Å². The van der Waals surface area contributed by atoms with E-state index >= 15 is 0 Å². The molecule has 1 unspecified atom stereocenters. The molecule has 6 heteroatoms. The Morgan fingerprint density at radius 3 is 2.76 bits per heavy atom. The van der Waals surface area contributed by atoms with Crippen LogP contribution in [0, 0.1) is 5.92 Å². The number of hydrogen-bond donors (Lipinski definition) is 2. The van der Waals surface area contributed by atoms with Crippen molar-refractivity contribution >= 4 is 23.5 Å². The van der Waals surface area contributed by atoms with E-state index in [1.165, 1.54) is 18.0 Å². The van der Waals surface area contributed by atoms with Gasteiger partial charge in [0.15, 0.2) is 0 Å². The van der Waals surface area contributed by atoms with Gasteiger partial charge in [-0.3, -0.25) is 4.98 Å². The van der Waals surface area contributed by atoms with Crippen molar-refractivity contribution in [3.8, 4) is 0 Å². The van der Waals surface area contributed by atoms with Crippen LogP contribution in [0.3, 0.4) is 0 Å². The third-order valence-corrected chi connectivity index (χ3v) is 2.76. The minimum absolute atomic E-state index is 0.306. The zero-order chi connectivity index (χ0) is 12.8. The van der Waals surface area contributed by atoms with Crippen molar-refractivity contribution in [2.45, 2.75) is 31.3 Å². The number of nitrogens with one attached hydrogen (secondary N) is 1. The molecule has 0 saturated heterocycles. The van der Waals surface area contributed by atoms with E-state index in [0.717, 1.165) is 5.03 Å². The molecule has 0 bridgehead atoms. The highest BCUT2D eigenvalue weighted by Crippen LogP contribution is 2.15. The molecule has 2 N–H and O–H groups in total. The zero-order valence-electron chi connectivity index (χ0n) is 10.2. The van der Waals surface area contributed by atoms with Gasteiger partial charge in [-0.2, -0.15) is 0 Å². The minimum Gasteiger partial charge on any atom is -0.480 e. The highest BCUT2D eigenvalue weighted by molar-refractivity contribution is 7.98. The van der Waals surface area contributed by atoms with Crippen LogP contribution in [-0.2, 0) is 4.79 Å². The van der Waals surface area contributed by atoms with Crippen LogP contribution in [0.25, 0.3) is 0 Å². The summed E-state index contributed by atoms with van der Waals surface area (Å²) in [5.41, 5.74) is 0. The summed E-state index contributed by atoms with van der Waals surface area (Å²) in [6.07, 6.45) is 5.64. The molecule has 0 saturated carbocycles. The van der Waals surface area contributed by atoms with Gasteiger partial charge >= 0.3 is 5.97 Å². The van der Waals surface area contributed by atoms with Crippen LogP contribution in [0.1, 0.15) is 20.3 Å². The molecule has 1 atom stereocenters. The van der Waals surface area contributed by atoms with E-state index in [1.54, 1.807) is 6.20 Å². The maximum absolute atomic E-state index is 11.1. The van der Waals surface area contributed by atoms with Gasteiger partial charge in [-0.15, -0.1) is 11.8 Å². The van der Waals surface area contributed by atoms with E-state index in [2.05, 4.69) is 15.3 Å². The molecule has 1 aromatic heterocycles. The first-order valence-corrected chi connectivity index (χ1v) is 6.60. The van der Waals surface area contributed by atoms with Gasteiger partial charge in [-0.1, -0.05) is 13.8 Å². The summed E-state index contributed by atoms with van der Waals surface area (Å²) in [7, 11) is 0. The number of hydrogen-bond acceptors (Lipinski definition) is 5. The van der Waals surface area contributed by atoms with E-state index in [9.17, 15) is 4.79 Å².